The van der Waals surface area contributed by atoms with Crippen molar-refractivity contribution >= 4 is 11.9 Å². The molecule has 1 fully saturated rings. The molecule has 7 nitrogen and oxygen atoms in total. The van der Waals surface area contributed by atoms with E-state index in [0.29, 0.717) is 6.42 Å². The molecule has 1 saturated heterocycles. The van der Waals surface area contributed by atoms with Crippen LogP contribution in [0.2, 0.25) is 0 Å². The first-order valence-corrected chi connectivity index (χ1v) is 6.85. The Bertz CT molecular complexity index is 420. The maximum absolute atomic E-state index is 10.9. The number of aliphatic carboxylic acids is 1. The summed E-state index contributed by atoms with van der Waals surface area (Å²) < 4.78 is 0. The van der Waals surface area contributed by atoms with Crippen LogP contribution in [0.5, 0.6) is 0 Å². The van der Waals surface area contributed by atoms with Crippen LogP contribution in [-0.2, 0) is 4.79 Å². The second-order valence-corrected chi connectivity index (χ2v) is 4.85. The number of nitrogens with zero attached hydrogens (tertiary/aromatic N) is 4. The van der Waals surface area contributed by atoms with Gasteiger partial charge >= 0.3 is 5.97 Å². The Labute approximate surface area is 118 Å². The topological polar surface area (TPSA) is 81.6 Å². The molecular formula is C13H21N5O2. The lowest BCUT2D eigenvalue weighted by molar-refractivity contribution is -0.139. The Morgan fingerprint density at radius 3 is 2.55 bits per heavy atom. The molecule has 0 bridgehead atoms. The molecule has 0 radical (unpaired) electrons. The van der Waals surface area contributed by atoms with Crippen molar-refractivity contribution in [2.45, 2.75) is 12.5 Å². The van der Waals surface area contributed by atoms with Crippen molar-refractivity contribution in [1.82, 2.24) is 20.2 Å². The molecule has 2 heterocycles. The first kappa shape index (κ1) is 14.7. The standard InChI is InChI=1S/C13H21N5O2/c1-14-11(12(19)20)3-6-17-7-9-18(10-8-17)13-15-4-2-5-16-13/h2,4-5,11,14H,3,6-10H2,1H3,(H,19,20). The van der Waals surface area contributed by atoms with Crippen LogP contribution >= 0.6 is 0 Å². The van der Waals surface area contributed by atoms with Gasteiger partial charge in [0.25, 0.3) is 0 Å². The largest absolute Gasteiger partial charge is 0.480 e. The highest BCUT2D eigenvalue weighted by molar-refractivity contribution is 5.73. The minimum absolute atomic E-state index is 0.467. The summed E-state index contributed by atoms with van der Waals surface area (Å²) in [5, 5.41) is 11.8. The molecule has 1 aliphatic rings. The zero-order valence-electron chi connectivity index (χ0n) is 11.7. The molecule has 0 amide bonds. The van der Waals surface area contributed by atoms with Crippen LogP contribution in [0.25, 0.3) is 0 Å². The van der Waals surface area contributed by atoms with E-state index in [1.54, 1.807) is 19.4 Å². The molecule has 1 unspecified atom stereocenters. The average molecular weight is 279 g/mol. The summed E-state index contributed by atoms with van der Waals surface area (Å²) in [7, 11) is 1.68. The molecule has 1 atom stereocenters. The Morgan fingerprint density at radius 1 is 1.35 bits per heavy atom. The molecule has 0 aliphatic carbocycles. The van der Waals surface area contributed by atoms with Crippen LogP contribution in [0.1, 0.15) is 6.42 Å². The molecule has 2 rings (SSSR count). The monoisotopic (exact) mass is 279 g/mol. The number of aromatic nitrogens is 2. The number of carboxylic acids is 1. The number of hydrogen-bond acceptors (Lipinski definition) is 6. The van der Waals surface area contributed by atoms with Gasteiger partial charge in [0.05, 0.1) is 0 Å². The van der Waals surface area contributed by atoms with Gasteiger partial charge < -0.3 is 15.3 Å². The predicted molar refractivity (Wildman–Crippen MR) is 75.8 cm³/mol. The van der Waals surface area contributed by atoms with Crippen LogP contribution in [0.3, 0.4) is 0 Å². The number of nitrogens with one attached hydrogen (secondary N) is 1. The molecule has 0 spiro atoms. The van der Waals surface area contributed by atoms with Gasteiger partial charge in [0.1, 0.15) is 6.04 Å². The molecule has 2 N–H and O–H groups in total. The number of likely N-dealkylation sites (N-methyl/N-ethyl adjacent to an activating group) is 1. The van der Waals surface area contributed by atoms with Gasteiger partial charge in [-0.05, 0) is 19.5 Å². The van der Waals surface area contributed by atoms with Gasteiger partial charge in [-0.15, -0.1) is 0 Å². The van der Waals surface area contributed by atoms with Crippen molar-refractivity contribution in [3.8, 4) is 0 Å². The number of hydrogen-bond donors (Lipinski definition) is 2. The summed E-state index contributed by atoms with van der Waals surface area (Å²) in [6.45, 7) is 4.37. The maximum atomic E-state index is 10.9. The predicted octanol–water partition coefficient (Wildman–Crippen LogP) is -0.339. The van der Waals surface area contributed by atoms with E-state index in [1.165, 1.54) is 0 Å². The van der Waals surface area contributed by atoms with Crippen LogP contribution in [-0.4, -0.2) is 71.8 Å². The van der Waals surface area contributed by atoms with Crippen molar-refractivity contribution in [3.05, 3.63) is 18.5 Å². The number of piperazine rings is 1. The van der Waals surface area contributed by atoms with E-state index >= 15 is 0 Å². The molecule has 1 aromatic rings. The molecule has 0 aromatic carbocycles. The van der Waals surface area contributed by atoms with Gasteiger partial charge in [0, 0.05) is 45.1 Å². The minimum Gasteiger partial charge on any atom is -0.480 e. The zero-order valence-corrected chi connectivity index (χ0v) is 11.7. The SMILES string of the molecule is CNC(CCN1CCN(c2ncccn2)CC1)C(=O)O. The van der Waals surface area contributed by atoms with Crippen LogP contribution < -0.4 is 10.2 Å². The van der Waals surface area contributed by atoms with E-state index in [1.807, 2.05) is 6.07 Å². The first-order valence-electron chi connectivity index (χ1n) is 6.85. The van der Waals surface area contributed by atoms with E-state index in [-0.39, 0.29) is 0 Å². The van der Waals surface area contributed by atoms with Gasteiger partial charge in [-0.25, -0.2) is 9.97 Å². The third-order valence-corrected chi connectivity index (χ3v) is 3.59. The molecule has 1 aliphatic heterocycles. The Morgan fingerprint density at radius 2 is 2.00 bits per heavy atom. The highest BCUT2D eigenvalue weighted by atomic mass is 16.4. The van der Waals surface area contributed by atoms with Gasteiger partial charge in [-0.3, -0.25) is 9.69 Å². The molecule has 0 saturated carbocycles. The average Bonchev–Trinajstić information content (AvgIpc) is 2.49. The Kier molecular flexibility index (Phi) is 5.25. The Balaban J connectivity index is 1.76. The summed E-state index contributed by atoms with van der Waals surface area (Å²) in [6, 6.07) is 1.34. The van der Waals surface area contributed by atoms with E-state index in [4.69, 9.17) is 5.11 Å². The van der Waals surface area contributed by atoms with Gasteiger partial charge in [-0.1, -0.05) is 0 Å². The fraction of sp³-hybridized carbons (Fsp3) is 0.615. The number of anilines is 1. The van der Waals surface area contributed by atoms with E-state index in [2.05, 4.69) is 25.1 Å². The maximum Gasteiger partial charge on any atom is 0.320 e. The summed E-state index contributed by atoms with van der Waals surface area (Å²) in [5.74, 6) is -0.0189. The van der Waals surface area contributed by atoms with E-state index in [9.17, 15) is 4.79 Å². The summed E-state index contributed by atoms with van der Waals surface area (Å²) >= 11 is 0. The van der Waals surface area contributed by atoms with Crippen molar-refractivity contribution in [1.29, 1.82) is 0 Å². The normalized spacial score (nSPS) is 17.9. The van der Waals surface area contributed by atoms with Crippen LogP contribution in [0.15, 0.2) is 18.5 Å². The Hall–Kier alpha value is -1.73. The van der Waals surface area contributed by atoms with Crippen molar-refractivity contribution in [2.75, 3.05) is 44.7 Å². The highest BCUT2D eigenvalue weighted by Gasteiger charge is 2.21. The minimum atomic E-state index is -0.788. The van der Waals surface area contributed by atoms with Crippen LogP contribution in [0.4, 0.5) is 5.95 Å². The molecule has 110 valence electrons. The lowest BCUT2D eigenvalue weighted by Crippen LogP contribution is -2.48. The molecular weight excluding hydrogens is 258 g/mol. The number of carbonyl (C=O) groups is 1. The smallest absolute Gasteiger partial charge is 0.320 e. The quantitative estimate of drug-likeness (QED) is 0.737. The second-order valence-electron chi connectivity index (χ2n) is 4.85. The zero-order chi connectivity index (χ0) is 14.4. The van der Waals surface area contributed by atoms with E-state index < -0.39 is 12.0 Å². The van der Waals surface area contributed by atoms with Crippen molar-refractivity contribution in [2.24, 2.45) is 0 Å². The third-order valence-electron chi connectivity index (χ3n) is 3.59. The first-order chi connectivity index (χ1) is 9.70. The van der Waals surface area contributed by atoms with Crippen molar-refractivity contribution < 1.29 is 9.90 Å². The summed E-state index contributed by atoms with van der Waals surface area (Å²) in [6.07, 6.45) is 4.12. The lowest BCUT2D eigenvalue weighted by Gasteiger charge is -2.35. The van der Waals surface area contributed by atoms with Gasteiger partial charge in [0.2, 0.25) is 5.95 Å². The fourth-order valence-electron chi connectivity index (χ4n) is 2.33. The number of rotatable bonds is 6. The summed E-state index contributed by atoms with van der Waals surface area (Å²) in [4.78, 5) is 23.9. The molecule has 7 heteroatoms. The van der Waals surface area contributed by atoms with E-state index in [0.717, 1.165) is 38.7 Å². The lowest BCUT2D eigenvalue weighted by atomic mass is 10.2. The van der Waals surface area contributed by atoms with Crippen LogP contribution in [0, 0.1) is 0 Å². The molecule has 1 aromatic heterocycles. The summed E-state index contributed by atoms with van der Waals surface area (Å²) in [5.41, 5.74) is 0. The third kappa shape index (κ3) is 3.88. The number of carboxylic acid groups (broad SMARTS) is 1. The highest BCUT2D eigenvalue weighted by Crippen LogP contribution is 2.10. The fourth-order valence-corrected chi connectivity index (χ4v) is 2.33. The van der Waals surface area contributed by atoms with Gasteiger partial charge in [0.15, 0.2) is 0 Å². The second kappa shape index (κ2) is 7.16. The molecule has 20 heavy (non-hydrogen) atoms. The van der Waals surface area contributed by atoms with Gasteiger partial charge in [-0.2, -0.15) is 0 Å². The van der Waals surface area contributed by atoms with Crippen molar-refractivity contribution in [3.63, 3.8) is 0 Å².